The van der Waals surface area contributed by atoms with Gasteiger partial charge in [-0.1, -0.05) is 31.5 Å². The number of aromatic nitrogens is 3. The van der Waals surface area contributed by atoms with Gasteiger partial charge >= 0.3 is 0 Å². The third kappa shape index (κ3) is 4.72. The first-order valence-electron chi connectivity index (χ1n) is 7.01. The van der Waals surface area contributed by atoms with Gasteiger partial charge in [-0.3, -0.25) is 4.68 Å². The first-order valence-corrected chi connectivity index (χ1v) is 7.39. The van der Waals surface area contributed by atoms with Crippen LogP contribution in [-0.2, 0) is 20.2 Å². The average molecular weight is 309 g/mol. The number of nitrogens with one attached hydrogen (secondary N) is 1. The van der Waals surface area contributed by atoms with E-state index >= 15 is 0 Å². The Balaban J connectivity index is 1.91. The van der Waals surface area contributed by atoms with E-state index in [1.54, 1.807) is 4.68 Å². The molecule has 1 heterocycles. The highest BCUT2D eigenvalue weighted by molar-refractivity contribution is 6.32. The Hall–Kier alpha value is -1.59. The topological polar surface area (TPSA) is 52.0 Å². The average Bonchev–Trinajstić information content (AvgIpc) is 2.83. The summed E-state index contributed by atoms with van der Waals surface area (Å²) in [5, 5.41) is 8.00. The van der Waals surface area contributed by atoms with Crippen molar-refractivity contribution in [2.45, 2.75) is 27.0 Å². The molecule has 0 aliphatic heterocycles. The number of hydrogen-bond donors (Lipinski definition) is 1. The highest BCUT2D eigenvalue weighted by atomic mass is 35.5. The molecule has 6 heteroatoms. The Labute approximate surface area is 130 Å². The van der Waals surface area contributed by atoms with E-state index in [4.69, 9.17) is 16.3 Å². The molecular weight excluding hydrogens is 288 g/mol. The number of ether oxygens (including phenoxy) is 1. The Bertz CT molecular complexity index is 583. The Morgan fingerprint density at radius 3 is 2.81 bits per heavy atom. The second-order valence-corrected chi connectivity index (χ2v) is 5.79. The van der Waals surface area contributed by atoms with Crippen LogP contribution in [0.3, 0.4) is 0 Å². The quantitative estimate of drug-likeness (QED) is 0.854. The zero-order chi connectivity index (χ0) is 15.2. The van der Waals surface area contributed by atoms with Gasteiger partial charge in [0, 0.05) is 13.6 Å². The van der Waals surface area contributed by atoms with Gasteiger partial charge in [-0.25, -0.2) is 4.98 Å². The van der Waals surface area contributed by atoms with Crippen molar-refractivity contribution in [3.63, 3.8) is 0 Å². The van der Waals surface area contributed by atoms with Gasteiger partial charge in [-0.15, -0.1) is 0 Å². The normalized spacial score (nSPS) is 11.1. The molecule has 0 fully saturated rings. The van der Waals surface area contributed by atoms with Gasteiger partial charge in [0.15, 0.2) is 5.82 Å². The van der Waals surface area contributed by atoms with Crippen LogP contribution in [0, 0.1) is 5.92 Å². The molecular formula is C15H21ClN4O. The molecule has 0 saturated heterocycles. The lowest BCUT2D eigenvalue weighted by Crippen LogP contribution is -2.18. The largest absolute Gasteiger partial charge is 0.484 e. The number of halogens is 1. The molecule has 2 aromatic rings. The van der Waals surface area contributed by atoms with E-state index in [9.17, 15) is 0 Å². The summed E-state index contributed by atoms with van der Waals surface area (Å²) in [7, 11) is 1.83. The third-order valence-electron chi connectivity index (χ3n) is 3.04. The van der Waals surface area contributed by atoms with Crippen LogP contribution in [0.2, 0.25) is 5.02 Å². The van der Waals surface area contributed by atoms with E-state index in [0.29, 0.717) is 23.3 Å². The molecule has 21 heavy (non-hydrogen) atoms. The number of aryl methyl sites for hydroxylation is 1. The minimum absolute atomic E-state index is 0.348. The molecule has 1 N–H and O–H groups in total. The van der Waals surface area contributed by atoms with Gasteiger partial charge in [0.25, 0.3) is 0 Å². The molecule has 0 aliphatic carbocycles. The van der Waals surface area contributed by atoms with Crippen LogP contribution in [0.4, 0.5) is 0 Å². The van der Waals surface area contributed by atoms with Crippen molar-refractivity contribution in [3.8, 4) is 5.75 Å². The van der Waals surface area contributed by atoms with Crippen LogP contribution in [0.15, 0.2) is 24.5 Å². The van der Waals surface area contributed by atoms with Gasteiger partial charge in [-0.05, 0) is 30.2 Å². The lowest BCUT2D eigenvalue weighted by Gasteiger charge is -2.11. The van der Waals surface area contributed by atoms with Gasteiger partial charge < -0.3 is 10.1 Å². The van der Waals surface area contributed by atoms with Crippen LogP contribution in [0.5, 0.6) is 5.75 Å². The van der Waals surface area contributed by atoms with Crippen LogP contribution in [-0.4, -0.2) is 21.3 Å². The summed E-state index contributed by atoms with van der Waals surface area (Å²) in [6.45, 7) is 6.51. The Kier molecular flexibility index (Phi) is 5.59. The fourth-order valence-electron chi connectivity index (χ4n) is 1.87. The van der Waals surface area contributed by atoms with Crippen molar-refractivity contribution in [1.82, 2.24) is 20.1 Å². The van der Waals surface area contributed by atoms with Crippen LogP contribution in [0.1, 0.15) is 25.2 Å². The molecule has 0 spiro atoms. The summed E-state index contributed by atoms with van der Waals surface area (Å²) < 4.78 is 7.36. The fourth-order valence-corrected chi connectivity index (χ4v) is 2.13. The predicted octanol–water partition coefficient (Wildman–Crippen LogP) is 2.79. The monoisotopic (exact) mass is 308 g/mol. The third-order valence-corrected chi connectivity index (χ3v) is 3.34. The van der Waals surface area contributed by atoms with Crippen molar-refractivity contribution in [3.05, 3.63) is 40.9 Å². The standard InChI is InChI=1S/C15H21ClN4O/c1-11(2)7-17-8-12-4-5-14(13(16)6-12)21-9-15-18-10-19-20(15)3/h4-6,10-11,17H,7-9H2,1-3H3. The Morgan fingerprint density at radius 1 is 1.38 bits per heavy atom. The lowest BCUT2D eigenvalue weighted by molar-refractivity contribution is 0.290. The minimum Gasteiger partial charge on any atom is -0.484 e. The van der Waals surface area contributed by atoms with Crippen molar-refractivity contribution in [2.75, 3.05) is 6.54 Å². The van der Waals surface area contributed by atoms with E-state index in [1.807, 2.05) is 25.2 Å². The molecule has 0 unspecified atom stereocenters. The first kappa shape index (κ1) is 15.8. The summed E-state index contributed by atoms with van der Waals surface area (Å²) >= 11 is 6.26. The van der Waals surface area contributed by atoms with Gasteiger partial charge in [-0.2, -0.15) is 5.10 Å². The second-order valence-electron chi connectivity index (χ2n) is 5.38. The summed E-state index contributed by atoms with van der Waals surface area (Å²) in [4.78, 5) is 4.11. The lowest BCUT2D eigenvalue weighted by atomic mass is 10.2. The first-order chi connectivity index (χ1) is 10.1. The smallest absolute Gasteiger partial charge is 0.164 e. The number of benzene rings is 1. The maximum absolute atomic E-state index is 6.26. The molecule has 0 atom stereocenters. The molecule has 0 saturated carbocycles. The van der Waals surface area contributed by atoms with Gasteiger partial charge in [0.05, 0.1) is 5.02 Å². The van der Waals surface area contributed by atoms with Crippen LogP contribution >= 0.6 is 11.6 Å². The molecule has 114 valence electrons. The van der Waals surface area contributed by atoms with E-state index in [-0.39, 0.29) is 0 Å². The molecule has 1 aromatic heterocycles. The molecule has 0 aliphatic rings. The molecule has 0 bridgehead atoms. The highest BCUT2D eigenvalue weighted by Gasteiger charge is 2.06. The second kappa shape index (κ2) is 7.43. The highest BCUT2D eigenvalue weighted by Crippen LogP contribution is 2.26. The minimum atomic E-state index is 0.348. The van der Waals surface area contributed by atoms with Crippen LogP contribution < -0.4 is 10.1 Å². The van der Waals surface area contributed by atoms with Crippen molar-refractivity contribution in [2.24, 2.45) is 13.0 Å². The number of rotatable bonds is 7. The molecule has 2 rings (SSSR count). The van der Waals surface area contributed by atoms with Crippen molar-refractivity contribution < 1.29 is 4.74 Å². The predicted molar refractivity (Wildman–Crippen MR) is 83.3 cm³/mol. The van der Waals surface area contributed by atoms with Crippen LogP contribution in [0.25, 0.3) is 0 Å². The molecule has 0 radical (unpaired) electrons. The van der Waals surface area contributed by atoms with E-state index in [2.05, 4.69) is 29.2 Å². The molecule has 1 aromatic carbocycles. The summed E-state index contributed by atoms with van der Waals surface area (Å²) in [5.74, 6) is 2.05. The molecule has 0 amide bonds. The van der Waals surface area contributed by atoms with E-state index < -0.39 is 0 Å². The maximum atomic E-state index is 6.26. The maximum Gasteiger partial charge on any atom is 0.164 e. The van der Waals surface area contributed by atoms with Crippen molar-refractivity contribution >= 4 is 11.6 Å². The zero-order valence-corrected chi connectivity index (χ0v) is 13.4. The fraction of sp³-hybridized carbons (Fsp3) is 0.467. The number of hydrogen-bond acceptors (Lipinski definition) is 4. The van der Waals surface area contributed by atoms with E-state index in [1.165, 1.54) is 6.33 Å². The van der Waals surface area contributed by atoms with Gasteiger partial charge in [0.1, 0.15) is 18.7 Å². The summed E-state index contributed by atoms with van der Waals surface area (Å²) in [6.07, 6.45) is 1.50. The zero-order valence-electron chi connectivity index (χ0n) is 12.6. The summed E-state index contributed by atoms with van der Waals surface area (Å²) in [6, 6.07) is 5.84. The summed E-state index contributed by atoms with van der Waals surface area (Å²) in [5.41, 5.74) is 1.15. The van der Waals surface area contributed by atoms with Gasteiger partial charge in [0.2, 0.25) is 0 Å². The van der Waals surface area contributed by atoms with E-state index in [0.717, 1.165) is 24.5 Å². The molecule has 5 nitrogen and oxygen atoms in total. The Morgan fingerprint density at radius 2 is 2.19 bits per heavy atom. The number of nitrogens with zero attached hydrogens (tertiary/aromatic N) is 3. The SMILES string of the molecule is CC(C)CNCc1ccc(OCc2ncnn2C)c(Cl)c1. The van der Waals surface area contributed by atoms with Crippen molar-refractivity contribution in [1.29, 1.82) is 0 Å².